The van der Waals surface area contributed by atoms with Crippen molar-refractivity contribution >= 4 is 17.2 Å². The minimum absolute atomic E-state index is 0.0749. The number of carbonyl (C=O) groups is 1. The Kier molecular flexibility index (Phi) is 5.13. The third kappa shape index (κ3) is 3.64. The second-order valence-corrected chi connectivity index (χ2v) is 7.63. The lowest BCUT2D eigenvalue weighted by Crippen LogP contribution is -2.38. The number of benzene rings is 2. The van der Waals surface area contributed by atoms with E-state index in [4.69, 9.17) is 0 Å². The predicted octanol–water partition coefficient (Wildman–Crippen LogP) is 4.64. The zero-order valence-electron chi connectivity index (χ0n) is 14.7. The van der Waals surface area contributed by atoms with Crippen LogP contribution in [0, 0.1) is 17.5 Å². The maximum absolute atomic E-state index is 13.9. The first-order valence-corrected chi connectivity index (χ1v) is 9.67. The van der Waals surface area contributed by atoms with Gasteiger partial charge in [-0.25, -0.2) is 13.2 Å². The fraction of sp³-hybridized carbons (Fsp3) is 0.250. The molecule has 1 aliphatic heterocycles. The van der Waals surface area contributed by atoms with Crippen molar-refractivity contribution in [3.8, 4) is 10.6 Å². The van der Waals surface area contributed by atoms with E-state index in [1.807, 2.05) is 0 Å². The normalized spacial score (nSPS) is 15.0. The lowest BCUT2D eigenvalue weighted by Gasteiger charge is -2.31. The molecule has 0 saturated carbocycles. The Hall–Kier alpha value is -2.74. The Morgan fingerprint density at radius 3 is 2.46 bits per heavy atom. The Morgan fingerprint density at radius 1 is 1.00 bits per heavy atom. The quantitative estimate of drug-likeness (QED) is 0.640. The number of aromatic nitrogens is 2. The van der Waals surface area contributed by atoms with Crippen LogP contribution in [0.2, 0.25) is 0 Å². The second-order valence-electron chi connectivity index (χ2n) is 6.62. The molecule has 4 nitrogen and oxygen atoms in total. The van der Waals surface area contributed by atoms with Gasteiger partial charge in [0, 0.05) is 30.6 Å². The third-order valence-electron chi connectivity index (χ3n) is 4.84. The molecule has 1 aromatic heterocycles. The smallest absolute Gasteiger partial charge is 0.256 e. The van der Waals surface area contributed by atoms with Gasteiger partial charge in [-0.1, -0.05) is 23.5 Å². The number of amides is 1. The van der Waals surface area contributed by atoms with Crippen molar-refractivity contribution in [1.82, 2.24) is 15.1 Å². The first-order valence-electron chi connectivity index (χ1n) is 8.85. The molecule has 0 aliphatic carbocycles. The Balaban J connectivity index is 1.44. The molecule has 1 fully saturated rings. The standard InChI is InChI=1S/C20H16F3N3OS/c21-13-5-6-14(17(23)11-13)19-25-24-18(28-19)12-7-9-26(10-8-12)20(27)15-3-1-2-4-16(15)22/h1-6,11-12H,7-10H2. The molecule has 144 valence electrons. The van der Waals surface area contributed by atoms with Gasteiger partial charge in [-0.3, -0.25) is 4.79 Å². The van der Waals surface area contributed by atoms with Gasteiger partial charge in [-0.2, -0.15) is 0 Å². The van der Waals surface area contributed by atoms with E-state index in [-0.39, 0.29) is 23.0 Å². The molecule has 1 aliphatic rings. The second kappa shape index (κ2) is 7.71. The average molecular weight is 403 g/mol. The van der Waals surface area contributed by atoms with Crippen molar-refractivity contribution in [2.24, 2.45) is 0 Å². The van der Waals surface area contributed by atoms with Crippen LogP contribution < -0.4 is 0 Å². The summed E-state index contributed by atoms with van der Waals surface area (Å²) in [4.78, 5) is 14.1. The van der Waals surface area contributed by atoms with Crippen LogP contribution in [0.25, 0.3) is 10.6 Å². The van der Waals surface area contributed by atoms with Crippen LogP contribution in [0.15, 0.2) is 42.5 Å². The van der Waals surface area contributed by atoms with E-state index in [1.165, 1.54) is 35.6 Å². The molecule has 28 heavy (non-hydrogen) atoms. The van der Waals surface area contributed by atoms with E-state index in [2.05, 4.69) is 10.2 Å². The Labute approximate surface area is 163 Å². The summed E-state index contributed by atoms with van der Waals surface area (Å²) in [6.07, 6.45) is 1.33. The molecule has 0 N–H and O–H groups in total. The number of halogens is 3. The van der Waals surface area contributed by atoms with E-state index in [0.717, 1.165) is 11.1 Å². The van der Waals surface area contributed by atoms with E-state index in [0.29, 0.717) is 30.9 Å². The summed E-state index contributed by atoms with van der Waals surface area (Å²) in [7, 11) is 0. The van der Waals surface area contributed by atoms with Crippen molar-refractivity contribution in [3.05, 3.63) is 70.5 Å². The molecule has 2 heterocycles. The van der Waals surface area contributed by atoms with E-state index in [1.54, 1.807) is 17.0 Å². The van der Waals surface area contributed by atoms with Crippen LogP contribution in [0.5, 0.6) is 0 Å². The predicted molar refractivity (Wildman–Crippen MR) is 99.5 cm³/mol. The van der Waals surface area contributed by atoms with Crippen molar-refractivity contribution in [1.29, 1.82) is 0 Å². The van der Waals surface area contributed by atoms with Crippen LogP contribution in [-0.4, -0.2) is 34.1 Å². The Bertz CT molecular complexity index is 1020. The zero-order chi connectivity index (χ0) is 19.7. The number of hydrogen-bond acceptors (Lipinski definition) is 4. The van der Waals surface area contributed by atoms with E-state index >= 15 is 0 Å². The maximum Gasteiger partial charge on any atom is 0.256 e. The van der Waals surface area contributed by atoms with Crippen LogP contribution in [-0.2, 0) is 0 Å². The number of piperidine rings is 1. The number of rotatable bonds is 3. The Morgan fingerprint density at radius 2 is 1.75 bits per heavy atom. The highest BCUT2D eigenvalue weighted by Crippen LogP contribution is 2.34. The summed E-state index contributed by atoms with van der Waals surface area (Å²) in [5.41, 5.74) is 0.295. The van der Waals surface area contributed by atoms with E-state index in [9.17, 15) is 18.0 Å². The fourth-order valence-corrected chi connectivity index (χ4v) is 4.35. The van der Waals surface area contributed by atoms with Gasteiger partial charge in [0.1, 0.15) is 22.5 Å². The minimum Gasteiger partial charge on any atom is -0.339 e. The molecule has 0 atom stereocenters. The highest BCUT2D eigenvalue weighted by atomic mass is 32.1. The largest absolute Gasteiger partial charge is 0.339 e. The number of likely N-dealkylation sites (tertiary alicyclic amines) is 1. The summed E-state index contributed by atoms with van der Waals surface area (Å²) in [5, 5.41) is 9.37. The van der Waals surface area contributed by atoms with Gasteiger partial charge < -0.3 is 4.90 Å². The molecule has 0 spiro atoms. The molecule has 0 unspecified atom stereocenters. The fourth-order valence-electron chi connectivity index (χ4n) is 3.31. The summed E-state index contributed by atoms with van der Waals surface area (Å²) >= 11 is 1.27. The van der Waals surface area contributed by atoms with Crippen molar-refractivity contribution < 1.29 is 18.0 Å². The molecule has 0 bridgehead atoms. The van der Waals surface area contributed by atoms with Gasteiger partial charge in [-0.15, -0.1) is 10.2 Å². The topological polar surface area (TPSA) is 46.1 Å². The molecule has 1 amide bonds. The summed E-state index contributed by atoms with van der Waals surface area (Å²) < 4.78 is 40.9. The van der Waals surface area contributed by atoms with Gasteiger partial charge in [0.15, 0.2) is 5.01 Å². The number of nitrogens with zero attached hydrogens (tertiary/aromatic N) is 3. The third-order valence-corrected chi connectivity index (χ3v) is 5.96. The molecule has 8 heteroatoms. The molecule has 4 rings (SSSR count). The molecular weight excluding hydrogens is 387 g/mol. The van der Waals surface area contributed by atoms with Crippen LogP contribution in [0.3, 0.4) is 0 Å². The first-order chi connectivity index (χ1) is 13.5. The zero-order valence-corrected chi connectivity index (χ0v) is 15.6. The van der Waals surface area contributed by atoms with Gasteiger partial charge in [0.2, 0.25) is 0 Å². The lowest BCUT2D eigenvalue weighted by molar-refractivity contribution is 0.0708. The van der Waals surface area contributed by atoms with Gasteiger partial charge >= 0.3 is 0 Å². The lowest BCUT2D eigenvalue weighted by atomic mass is 9.97. The molecule has 0 radical (unpaired) electrons. The number of hydrogen-bond donors (Lipinski definition) is 0. The van der Waals surface area contributed by atoms with Gasteiger partial charge in [0.25, 0.3) is 5.91 Å². The molecule has 2 aromatic carbocycles. The first kappa shape index (κ1) is 18.6. The van der Waals surface area contributed by atoms with E-state index < -0.39 is 17.5 Å². The van der Waals surface area contributed by atoms with Crippen molar-refractivity contribution in [3.63, 3.8) is 0 Å². The van der Waals surface area contributed by atoms with Crippen LogP contribution in [0.4, 0.5) is 13.2 Å². The molecule has 3 aromatic rings. The van der Waals surface area contributed by atoms with Gasteiger partial charge in [-0.05, 0) is 37.1 Å². The summed E-state index contributed by atoms with van der Waals surface area (Å²) in [6, 6.07) is 9.31. The number of carbonyl (C=O) groups excluding carboxylic acids is 1. The average Bonchev–Trinajstić information content (AvgIpc) is 3.18. The minimum atomic E-state index is -0.673. The highest BCUT2D eigenvalue weighted by Gasteiger charge is 2.28. The van der Waals surface area contributed by atoms with Crippen LogP contribution in [0.1, 0.15) is 34.1 Å². The van der Waals surface area contributed by atoms with Crippen molar-refractivity contribution in [2.75, 3.05) is 13.1 Å². The summed E-state index contributed by atoms with van der Waals surface area (Å²) in [5.74, 6) is -2.06. The summed E-state index contributed by atoms with van der Waals surface area (Å²) in [6.45, 7) is 0.968. The highest BCUT2D eigenvalue weighted by molar-refractivity contribution is 7.14. The van der Waals surface area contributed by atoms with Crippen molar-refractivity contribution in [2.45, 2.75) is 18.8 Å². The molecule has 1 saturated heterocycles. The van der Waals surface area contributed by atoms with Gasteiger partial charge in [0.05, 0.1) is 5.56 Å². The maximum atomic E-state index is 13.9. The molecular formula is C20H16F3N3OS. The monoisotopic (exact) mass is 403 g/mol. The SMILES string of the molecule is O=C(c1ccccc1F)N1CCC(c2nnc(-c3ccc(F)cc3F)s2)CC1. The van der Waals surface area contributed by atoms with Crippen LogP contribution >= 0.6 is 11.3 Å².